The highest BCUT2D eigenvalue weighted by atomic mass is 19.4. The van der Waals surface area contributed by atoms with Crippen LogP contribution in [0.15, 0.2) is 18.5 Å². The second-order valence-corrected chi connectivity index (χ2v) is 9.83. The number of morpholine rings is 1. The van der Waals surface area contributed by atoms with Crippen molar-refractivity contribution in [2.45, 2.75) is 63.8 Å². The summed E-state index contributed by atoms with van der Waals surface area (Å²) in [5, 5.41) is 4.49. The quantitative estimate of drug-likeness (QED) is 0.543. The number of ether oxygens (including phenoxy) is 1. The summed E-state index contributed by atoms with van der Waals surface area (Å²) in [5.41, 5.74) is 4.55. The van der Waals surface area contributed by atoms with E-state index in [0.717, 1.165) is 22.8 Å². The highest BCUT2D eigenvalue weighted by Crippen LogP contribution is 2.50. The first-order chi connectivity index (χ1) is 16.3. The van der Waals surface area contributed by atoms with Gasteiger partial charge in [0, 0.05) is 36.8 Å². The fourth-order valence-electron chi connectivity index (χ4n) is 4.91. The molecule has 10 heteroatoms. The maximum atomic E-state index is 13.2. The molecule has 4 heterocycles. The van der Waals surface area contributed by atoms with Crippen LogP contribution in [0.4, 0.5) is 19.0 Å². The van der Waals surface area contributed by atoms with Gasteiger partial charge in [-0.05, 0) is 39.5 Å². The van der Waals surface area contributed by atoms with Crippen LogP contribution in [-0.2, 0) is 4.74 Å². The molecule has 6 rings (SSSR count). The van der Waals surface area contributed by atoms with Gasteiger partial charge in [0.25, 0.3) is 0 Å². The van der Waals surface area contributed by atoms with E-state index in [1.165, 1.54) is 12.8 Å². The topological polar surface area (TPSA) is 69.0 Å². The molecule has 3 fully saturated rings. The number of anilines is 1. The minimum absolute atomic E-state index is 0.0513. The number of fused-ring (bicyclic) bond motifs is 1. The van der Waals surface area contributed by atoms with Crippen molar-refractivity contribution in [3.63, 3.8) is 0 Å². The molecule has 3 aromatic heterocycles. The Hall–Kier alpha value is -2.75. The maximum absolute atomic E-state index is 13.2. The lowest BCUT2D eigenvalue weighted by Crippen LogP contribution is -2.39. The monoisotopic (exact) mass is 472 g/mol. The third kappa shape index (κ3) is 3.91. The third-order valence-corrected chi connectivity index (χ3v) is 7.37. The SMILES string of the molecule is Cc1nc2cc(N3CCO[C@H](c4cnn(C5CC5)c4)C3)nc(C3CC(C(F)(F)F)C3)c2nc1C. The molecular formula is C24H27F3N6O. The summed E-state index contributed by atoms with van der Waals surface area (Å²) in [7, 11) is 0. The number of nitrogens with zero attached hydrogens (tertiary/aromatic N) is 6. The number of halogens is 3. The molecule has 1 aliphatic heterocycles. The van der Waals surface area contributed by atoms with E-state index in [1.54, 1.807) is 0 Å². The molecule has 0 amide bonds. The Balaban J connectivity index is 1.32. The zero-order chi connectivity index (χ0) is 23.6. The van der Waals surface area contributed by atoms with Crippen LogP contribution in [0.2, 0.25) is 0 Å². The van der Waals surface area contributed by atoms with Gasteiger partial charge < -0.3 is 9.64 Å². The molecule has 3 aromatic rings. The zero-order valence-electron chi connectivity index (χ0n) is 19.2. The standard InChI is InChI=1S/C24H27F3N6O/c1-13-14(2)30-23-19(29-13)9-21(31-22(23)15-7-17(8-15)24(25,26)27)32-5-6-34-20(12-32)16-10-28-33(11-16)18-3-4-18/h9-11,15,17-18,20H,3-8,12H2,1-2H3/t15?,17?,20-/m0/s1. The second-order valence-electron chi connectivity index (χ2n) is 9.83. The normalized spacial score (nSPS) is 25.6. The van der Waals surface area contributed by atoms with Gasteiger partial charge in [-0.25, -0.2) is 15.0 Å². The lowest BCUT2D eigenvalue weighted by molar-refractivity contribution is -0.197. The molecule has 3 aliphatic rings. The van der Waals surface area contributed by atoms with Crippen LogP contribution < -0.4 is 4.90 Å². The average Bonchev–Trinajstić information content (AvgIpc) is 3.49. The van der Waals surface area contributed by atoms with E-state index < -0.39 is 12.1 Å². The lowest BCUT2D eigenvalue weighted by Gasteiger charge is -2.37. The molecule has 1 saturated heterocycles. The van der Waals surface area contributed by atoms with Crippen molar-refractivity contribution in [3.8, 4) is 0 Å². The molecule has 1 atom stereocenters. The highest BCUT2D eigenvalue weighted by Gasteiger charge is 2.49. The number of rotatable bonds is 4. The molecule has 0 bridgehead atoms. The van der Waals surface area contributed by atoms with Crippen LogP contribution in [0, 0.1) is 19.8 Å². The van der Waals surface area contributed by atoms with Crippen molar-refractivity contribution in [1.82, 2.24) is 24.7 Å². The predicted octanol–water partition coefficient (Wildman–Crippen LogP) is 4.81. The van der Waals surface area contributed by atoms with Gasteiger partial charge in [-0.2, -0.15) is 18.3 Å². The van der Waals surface area contributed by atoms with Crippen molar-refractivity contribution >= 4 is 16.9 Å². The summed E-state index contributed by atoms with van der Waals surface area (Å²) in [6.45, 7) is 5.55. The van der Waals surface area contributed by atoms with Crippen LogP contribution in [0.1, 0.15) is 66.4 Å². The first-order valence-corrected chi connectivity index (χ1v) is 11.9. The average molecular weight is 473 g/mol. The van der Waals surface area contributed by atoms with Crippen LogP contribution in [0.25, 0.3) is 11.0 Å². The molecular weight excluding hydrogens is 445 g/mol. The Kier molecular flexibility index (Phi) is 5.05. The molecule has 0 N–H and O–H groups in total. The first-order valence-electron chi connectivity index (χ1n) is 11.9. The summed E-state index contributed by atoms with van der Waals surface area (Å²) in [4.78, 5) is 16.4. The maximum Gasteiger partial charge on any atom is 0.391 e. The van der Waals surface area contributed by atoms with Gasteiger partial charge in [0.2, 0.25) is 0 Å². The Morgan fingerprint density at radius 1 is 1.06 bits per heavy atom. The van der Waals surface area contributed by atoms with Gasteiger partial charge >= 0.3 is 6.18 Å². The second kappa shape index (κ2) is 7.90. The van der Waals surface area contributed by atoms with E-state index in [1.807, 2.05) is 30.8 Å². The largest absolute Gasteiger partial charge is 0.391 e. The van der Waals surface area contributed by atoms with Gasteiger partial charge in [-0.1, -0.05) is 0 Å². The molecule has 0 unspecified atom stereocenters. The van der Waals surface area contributed by atoms with E-state index in [4.69, 9.17) is 14.7 Å². The van der Waals surface area contributed by atoms with Gasteiger partial charge in [-0.15, -0.1) is 0 Å². The Bertz CT molecular complexity index is 1230. The molecule has 0 spiro atoms. The molecule has 180 valence electrons. The Morgan fingerprint density at radius 3 is 2.56 bits per heavy atom. The smallest absolute Gasteiger partial charge is 0.370 e. The van der Waals surface area contributed by atoms with Crippen LogP contribution >= 0.6 is 0 Å². The number of pyridine rings is 1. The summed E-state index contributed by atoms with van der Waals surface area (Å²) in [6, 6.07) is 2.42. The van der Waals surface area contributed by atoms with E-state index in [0.29, 0.717) is 42.5 Å². The third-order valence-electron chi connectivity index (χ3n) is 7.37. The number of aryl methyl sites for hydroxylation is 2. The van der Waals surface area contributed by atoms with Crippen LogP contribution in [-0.4, -0.2) is 50.6 Å². The van der Waals surface area contributed by atoms with Gasteiger partial charge in [0.15, 0.2) is 0 Å². The number of alkyl halides is 3. The molecule has 7 nitrogen and oxygen atoms in total. The Morgan fingerprint density at radius 2 is 1.82 bits per heavy atom. The lowest BCUT2D eigenvalue weighted by atomic mass is 9.72. The molecule has 34 heavy (non-hydrogen) atoms. The zero-order valence-corrected chi connectivity index (χ0v) is 19.2. The summed E-state index contributed by atoms with van der Waals surface area (Å²) in [5.74, 6) is -0.814. The van der Waals surface area contributed by atoms with E-state index in [9.17, 15) is 13.2 Å². The number of aromatic nitrogens is 5. The molecule has 0 radical (unpaired) electrons. The molecule has 0 aromatic carbocycles. The van der Waals surface area contributed by atoms with Crippen molar-refractivity contribution in [3.05, 3.63) is 41.1 Å². The highest BCUT2D eigenvalue weighted by molar-refractivity contribution is 5.80. The van der Waals surface area contributed by atoms with Crippen molar-refractivity contribution in [2.24, 2.45) is 5.92 Å². The van der Waals surface area contributed by atoms with Gasteiger partial charge in [0.05, 0.1) is 47.4 Å². The number of hydrogen-bond donors (Lipinski definition) is 0. The first kappa shape index (κ1) is 21.8. The summed E-state index contributed by atoms with van der Waals surface area (Å²) in [6.07, 6.45) is 2.07. The Labute approximate surface area is 195 Å². The fourth-order valence-corrected chi connectivity index (χ4v) is 4.91. The minimum Gasteiger partial charge on any atom is -0.370 e. The molecule has 2 aliphatic carbocycles. The summed E-state index contributed by atoms with van der Waals surface area (Å²) >= 11 is 0. The van der Waals surface area contributed by atoms with E-state index in [2.05, 4.69) is 21.2 Å². The van der Waals surface area contributed by atoms with Crippen LogP contribution in [0.3, 0.4) is 0 Å². The molecule has 2 saturated carbocycles. The van der Waals surface area contributed by atoms with Crippen molar-refractivity contribution in [2.75, 3.05) is 24.6 Å². The number of hydrogen-bond acceptors (Lipinski definition) is 6. The van der Waals surface area contributed by atoms with E-state index in [-0.39, 0.29) is 24.9 Å². The van der Waals surface area contributed by atoms with E-state index >= 15 is 0 Å². The van der Waals surface area contributed by atoms with Crippen molar-refractivity contribution in [1.29, 1.82) is 0 Å². The minimum atomic E-state index is -4.16. The van der Waals surface area contributed by atoms with Gasteiger partial charge in [0.1, 0.15) is 17.4 Å². The van der Waals surface area contributed by atoms with Crippen molar-refractivity contribution < 1.29 is 17.9 Å². The summed E-state index contributed by atoms with van der Waals surface area (Å²) < 4.78 is 47.6. The predicted molar refractivity (Wildman–Crippen MR) is 120 cm³/mol. The fraction of sp³-hybridized carbons (Fsp3) is 0.583. The van der Waals surface area contributed by atoms with Crippen LogP contribution in [0.5, 0.6) is 0 Å². The van der Waals surface area contributed by atoms with Gasteiger partial charge in [-0.3, -0.25) is 4.68 Å².